The van der Waals surface area contributed by atoms with Crippen LogP contribution in [0.2, 0.25) is 0 Å². The van der Waals surface area contributed by atoms with Gasteiger partial charge in [-0.1, -0.05) is 32.6 Å². The van der Waals surface area contributed by atoms with E-state index < -0.39 is 5.60 Å². The average molecular weight is 708 g/mol. The summed E-state index contributed by atoms with van der Waals surface area (Å²) >= 11 is 1.26. The summed E-state index contributed by atoms with van der Waals surface area (Å²) in [5.41, 5.74) is 9.34. The molecular weight excluding hydrogens is 647 g/mol. The molecule has 11 heteroatoms. The Hall–Kier alpha value is -3.83. The molecule has 6 rings (SSSR count). The number of rotatable bonds is 7. The molecule has 0 saturated carbocycles. The van der Waals surface area contributed by atoms with Crippen LogP contribution < -0.4 is 20.9 Å². The smallest absolute Gasteiger partial charge is 0.410 e. The highest BCUT2D eigenvalue weighted by molar-refractivity contribution is 7.18. The number of anilines is 5. The Kier molecular flexibility index (Phi) is 15.4. The zero-order chi connectivity index (χ0) is 35.6. The molecule has 0 spiro atoms. The highest BCUT2D eigenvalue weighted by atomic mass is 32.1. The van der Waals surface area contributed by atoms with Gasteiger partial charge in [-0.3, -0.25) is 4.79 Å². The van der Waals surface area contributed by atoms with Gasteiger partial charge < -0.3 is 35.4 Å². The van der Waals surface area contributed by atoms with Crippen molar-refractivity contribution in [2.24, 2.45) is 0 Å². The molecular formula is C39H61N7O3S. The van der Waals surface area contributed by atoms with E-state index in [9.17, 15) is 9.59 Å². The maximum absolute atomic E-state index is 13.1. The highest BCUT2D eigenvalue weighted by Gasteiger charge is 2.26. The van der Waals surface area contributed by atoms with Crippen LogP contribution in [0.25, 0.3) is 0 Å². The average Bonchev–Trinajstić information content (AvgIpc) is 3.89. The van der Waals surface area contributed by atoms with Crippen LogP contribution >= 0.6 is 11.3 Å². The number of carbonyl (C=O) groups excluding carboxylic acids is 2. The summed E-state index contributed by atoms with van der Waals surface area (Å²) < 4.78 is 5.49. The van der Waals surface area contributed by atoms with E-state index in [0.29, 0.717) is 28.7 Å². The van der Waals surface area contributed by atoms with Gasteiger partial charge in [0.1, 0.15) is 16.3 Å². The zero-order valence-electron chi connectivity index (χ0n) is 30.6. The standard InChI is InChI=1S/C29H36N6O3S.C7H15N.C2H6.CH4/c1-29(2,3)38-28(37)35-18-16-34(17-19-35)23-12-8-21(9-13-23)31-27-32-26(30)25(39-27)24(36)20-6-10-22(11-7-20)33-14-4-5-15-33;1-7(2)8-5-3-4-6-8;1-2;/h6-13H,4-5,14-19,30H2,1-3H3,(H,31,32);7H,3-6H2,1-2H3;1-2H3;1H4. The summed E-state index contributed by atoms with van der Waals surface area (Å²) in [5.74, 6) is 0.113. The molecule has 3 saturated heterocycles. The maximum Gasteiger partial charge on any atom is 0.410 e. The maximum atomic E-state index is 13.1. The molecule has 0 aliphatic carbocycles. The van der Waals surface area contributed by atoms with Gasteiger partial charge >= 0.3 is 6.09 Å². The Bertz CT molecular complexity index is 1460. The number of nitrogen functional groups attached to an aromatic ring is 1. The molecule has 0 radical (unpaired) electrons. The van der Waals surface area contributed by atoms with Crippen molar-refractivity contribution in [3.05, 3.63) is 59.0 Å². The van der Waals surface area contributed by atoms with Crippen molar-refractivity contribution in [3.63, 3.8) is 0 Å². The lowest BCUT2D eigenvalue weighted by Gasteiger charge is -2.36. The Morgan fingerprint density at radius 2 is 1.30 bits per heavy atom. The van der Waals surface area contributed by atoms with Gasteiger partial charge in [-0.2, -0.15) is 0 Å². The number of thiazole rings is 1. The summed E-state index contributed by atoms with van der Waals surface area (Å²) in [6, 6.07) is 16.6. The van der Waals surface area contributed by atoms with Gasteiger partial charge in [0.05, 0.1) is 0 Å². The zero-order valence-corrected chi connectivity index (χ0v) is 31.4. The second-order valence-corrected chi connectivity index (χ2v) is 14.8. The molecule has 276 valence electrons. The number of likely N-dealkylation sites (tertiary alicyclic amines) is 1. The van der Waals surface area contributed by atoms with E-state index in [1.54, 1.807) is 4.90 Å². The second-order valence-electron chi connectivity index (χ2n) is 13.8. The topological polar surface area (TPSA) is 107 Å². The number of ketones is 1. The SMILES string of the molecule is C.CC.CC(C)(C)OC(=O)N1CCN(c2ccc(Nc3nc(N)c(C(=O)c4ccc(N5CCCC5)cc4)s3)cc2)CC1.CC(C)N1CCCC1. The van der Waals surface area contributed by atoms with Crippen LogP contribution in [0, 0.1) is 0 Å². The van der Waals surface area contributed by atoms with Crippen LogP contribution in [0.15, 0.2) is 48.5 Å². The summed E-state index contributed by atoms with van der Waals surface area (Å²) in [4.78, 5) is 39.2. The lowest BCUT2D eigenvalue weighted by Crippen LogP contribution is -2.50. The molecule has 10 nitrogen and oxygen atoms in total. The molecule has 1 aromatic heterocycles. The van der Waals surface area contributed by atoms with Crippen molar-refractivity contribution in [1.29, 1.82) is 0 Å². The van der Waals surface area contributed by atoms with Crippen LogP contribution in [0.1, 0.15) is 96.8 Å². The summed E-state index contributed by atoms with van der Waals surface area (Å²) in [5, 5.41) is 3.84. The molecule has 4 heterocycles. The fraction of sp³-hybridized carbons (Fsp3) is 0.564. The lowest BCUT2D eigenvalue weighted by molar-refractivity contribution is 0.0240. The summed E-state index contributed by atoms with van der Waals surface area (Å²) in [6.45, 7) is 21.7. The van der Waals surface area contributed by atoms with E-state index in [1.165, 1.54) is 50.1 Å². The third-order valence-corrected chi connectivity index (χ3v) is 9.73. The van der Waals surface area contributed by atoms with Crippen molar-refractivity contribution in [2.75, 3.05) is 73.2 Å². The predicted molar refractivity (Wildman–Crippen MR) is 212 cm³/mol. The van der Waals surface area contributed by atoms with Crippen molar-refractivity contribution in [1.82, 2.24) is 14.8 Å². The van der Waals surface area contributed by atoms with E-state index in [-0.39, 0.29) is 25.1 Å². The first-order valence-corrected chi connectivity index (χ1v) is 18.8. The number of benzene rings is 2. The molecule has 1 amide bonds. The minimum Gasteiger partial charge on any atom is -0.444 e. The van der Waals surface area contributed by atoms with Crippen LogP contribution in [0.5, 0.6) is 0 Å². The van der Waals surface area contributed by atoms with Gasteiger partial charge in [-0.25, -0.2) is 9.78 Å². The summed E-state index contributed by atoms with van der Waals surface area (Å²) in [7, 11) is 0. The number of amides is 1. The van der Waals surface area contributed by atoms with Gasteiger partial charge in [0, 0.05) is 67.9 Å². The largest absolute Gasteiger partial charge is 0.444 e. The normalized spacial score (nSPS) is 16.2. The number of nitrogens with one attached hydrogen (secondary N) is 1. The first-order chi connectivity index (χ1) is 23.5. The Morgan fingerprint density at radius 3 is 1.80 bits per heavy atom. The Labute approximate surface area is 305 Å². The molecule has 50 heavy (non-hydrogen) atoms. The van der Waals surface area contributed by atoms with E-state index in [4.69, 9.17) is 10.5 Å². The minimum absolute atomic E-state index is 0. The van der Waals surface area contributed by atoms with Crippen LogP contribution in [-0.2, 0) is 4.74 Å². The number of piperazine rings is 1. The minimum atomic E-state index is -0.494. The lowest BCUT2D eigenvalue weighted by atomic mass is 10.1. The van der Waals surface area contributed by atoms with E-state index in [0.717, 1.165) is 49.3 Å². The van der Waals surface area contributed by atoms with Crippen molar-refractivity contribution in [3.8, 4) is 0 Å². The van der Waals surface area contributed by atoms with Gasteiger partial charge in [0.2, 0.25) is 5.78 Å². The van der Waals surface area contributed by atoms with Gasteiger partial charge in [-0.15, -0.1) is 0 Å². The highest BCUT2D eigenvalue weighted by Crippen LogP contribution is 2.31. The molecule has 3 fully saturated rings. The van der Waals surface area contributed by atoms with E-state index in [1.807, 2.05) is 83.1 Å². The molecule has 3 aromatic rings. The number of nitrogens with zero attached hydrogens (tertiary/aromatic N) is 5. The monoisotopic (exact) mass is 707 g/mol. The fourth-order valence-electron chi connectivity index (χ4n) is 6.09. The fourth-order valence-corrected chi connectivity index (χ4v) is 6.96. The van der Waals surface area contributed by atoms with Crippen molar-refractivity contribution in [2.45, 2.75) is 93.2 Å². The van der Waals surface area contributed by atoms with Gasteiger partial charge in [-0.05, 0) is 122 Å². The summed E-state index contributed by atoms with van der Waals surface area (Å²) in [6.07, 6.45) is 4.99. The second kappa shape index (κ2) is 19.0. The molecule has 2 aromatic carbocycles. The van der Waals surface area contributed by atoms with Crippen LogP contribution in [-0.4, -0.2) is 90.7 Å². The molecule has 3 N–H and O–H groups in total. The predicted octanol–water partition coefficient (Wildman–Crippen LogP) is 8.51. The number of nitrogens with two attached hydrogens (primary N) is 1. The number of ether oxygens (including phenoxy) is 1. The van der Waals surface area contributed by atoms with E-state index in [2.05, 4.69) is 38.8 Å². The van der Waals surface area contributed by atoms with Crippen LogP contribution in [0.4, 0.5) is 32.8 Å². The number of aromatic nitrogens is 1. The first-order valence-electron chi connectivity index (χ1n) is 18.0. The Morgan fingerprint density at radius 1 is 0.800 bits per heavy atom. The molecule has 3 aliphatic rings. The number of carbonyl (C=O) groups is 2. The molecule has 0 bridgehead atoms. The third-order valence-electron chi connectivity index (χ3n) is 8.75. The number of hydrogen-bond acceptors (Lipinski definition) is 10. The quantitative estimate of drug-likeness (QED) is 0.234. The van der Waals surface area contributed by atoms with Crippen LogP contribution in [0.3, 0.4) is 0 Å². The van der Waals surface area contributed by atoms with Gasteiger partial charge in [0.15, 0.2) is 5.13 Å². The van der Waals surface area contributed by atoms with Gasteiger partial charge in [0.25, 0.3) is 0 Å². The number of hydrogen-bond donors (Lipinski definition) is 2. The van der Waals surface area contributed by atoms with E-state index >= 15 is 0 Å². The third kappa shape index (κ3) is 11.3. The molecule has 0 atom stereocenters. The first kappa shape index (κ1) is 40.6. The molecule has 3 aliphatic heterocycles. The Balaban J connectivity index is 0.000000536. The van der Waals surface area contributed by atoms with Crippen molar-refractivity contribution < 1.29 is 14.3 Å². The van der Waals surface area contributed by atoms with Crippen molar-refractivity contribution >= 4 is 51.2 Å². The molecule has 0 unspecified atom stereocenters.